The standard InChI is InChI=1S/C14H27NO5/c1-3-4-12(5-6-14(17)18)7-8-15-13(16)11-20-10-9-19-2/h12H,3-11H2,1-2H3,(H,15,16)(H,17,18). The summed E-state index contributed by atoms with van der Waals surface area (Å²) < 4.78 is 9.91. The molecule has 20 heavy (non-hydrogen) atoms. The molecule has 0 bridgehead atoms. The molecule has 0 heterocycles. The number of amides is 1. The van der Waals surface area contributed by atoms with Crippen LogP contribution in [0.4, 0.5) is 0 Å². The Morgan fingerprint density at radius 1 is 1.20 bits per heavy atom. The summed E-state index contributed by atoms with van der Waals surface area (Å²) >= 11 is 0. The number of methoxy groups -OCH3 is 1. The van der Waals surface area contributed by atoms with Gasteiger partial charge in [0.05, 0.1) is 13.2 Å². The number of carboxylic acids is 1. The van der Waals surface area contributed by atoms with E-state index in [2.05, 4.69) is 12.2 Å². The van der Waals surface area contributed by atoms with E-state index in [4.69, 9.17) is 14.6 Å². The van der Waals surface area contributed by atoms with Crippen LogP contribution in [0.3, 0.4) is 0 Å². The molecule has 0 spiro atoms. The largest absolute Gasteiger partial charge is 0.481 e. The van der Waals surface area contributed by atoms with Crippen molar-refractivity contribution in [1.82, 2.24) is 5.32 Å². The first-order valence-corrected chi connectivity index (χ1v) is 7.15. The number of carbonyl (C=O) groups is 2. The van der Waals surface area contributed by atoms with Gasteiger partial charge in [-0.1, -0.05) is 19.8 Å². The molecular weight excluding hydrogens is 262 g/mol. The van der Waals surface area contributed by atoms with Crippen LogP contribution in [0.2, 0.25) is 0 Å². The van der Waals surface area contributed by atoms with E-state index in [1.807, 2.05) is 0 Å². The average molecular weight is 289 g/mol. The Hall–Kier alpha value is -1.14. The zero-order valence-corrected chi connectivity index (χ0v) is 12.5. The van der Waals surface area contributed by atoms with Crippen molar-refractivity contribution < 1.29 is 24.2 Å². The van der Waals surface area contributed by atoms with E-state index < -0.39 is 5.97 Å². The van der Waals surface area contributed by atoms with E-state index in [1.165, 1.54) is 0 Å². The van der Waals surface area contributed by atoms with Crippen LogP contribution in [-0.4, -0.2) is 50.5 Å². The summed E-state index contributed by atoms with van der Waals surface area (Å²) in [6, 6.07) is 0. The molecule has 0 aliphatic rings. The molecule has 1 unspecified atom stereocenters. The third kappa shape index (κ3) is 11.9. The zero-order chi connectivity index (χ0) is 15.2. The normalized spacial score (nSPS) is 12.1. The number of nitrogens with one attached hydrogen (secondary N) is 1. The highest BCUT2D eigenvalue weighted by molar-refractivity contribution is 5.77. The minimum Gasteiger partial charge on any atom is -0.481 e. The third-order valence-electron chi connectivity index (χ3n) is 3.00. The lowest BCUT2D eigenvalue weighted by molar-refractivity contribution is -0.137. The van der Waals surface area contributed by atoms with Crippen LogP contribution in [0.5, 0.6) is 0 Å². The monoisotopic (exact) mass is 289 g/mol. The van der Waals surface area contributed by atoms with Crippen LogP contribution in [0.1, 0.15) is 39.0 Å². The molecule has 2 N–H and O–H groups in total. The predicted octanol–water partition coefficient (Wildman–Crippen LogP) is 1.44. The van der Waals surface area contributed by atoms with Gasteiger partial charge in [-0.05, 0) is 18.8 Å². The van der Waals surface area contributed by atoms with Crippen LogP contribution in [0.15, 0.2) is 0 Å². The molecule has 6 nitrogen and oxygen atoms in total. The maximum Gasteiger partial charge on any atom is 0.303 e. The molecule has 0 aromatic heterocycles. The third-order valence-corrected chi connectivity index (χ3v) is 3.00. The van der Waals surface area contributed by atoms with E-state index in [-0.39, 0.29) is 18.9 Å². The summed E-state index contributed by atoms with van der Waals surface area (Å²) in [5.41, 5.74) is 0. The highest BCUT2D eigenvalue weighted by Gasteiger charge is 2.10. The van der Waals surface area contributed by atoms with Crippen LogP contribution >= 0.6 is 0 Å². The lowest BCUT2D eigenvalue weighted by atomic mass is 9.94. The van der Waals surface area contributed by atoms with E-state index >= 15 is 0 Å². The van der Waals surface area contributed by atoms with Gasteiger partial charge in [0, 0.05) is 20.1 Å². The second-order valence-electron chi connectivity index (χ2n) is 4.77. The Labute approximate surface area is 120 Å². The fourth-order valence-corrected chi connectivity index (χ4v) is 1.94. The van der Waals surface area contributed by atoms with Gasteiger partial charge >= 0.3 is 5.97 Å². The minimum absolute atomic E-state index is 0.0386. The SMILES string of the molecule is CCCC(CCNC(=O)COCCOC)CCC(=O)O. The van der Waals surface area contributed by atoms with Gasteiger partial charge in [0.25, 0.3) is 0 Å². The summed E-state index contributed by atoms with van der Waals surface area (Å²) in [6.07, 6.45) is 3.69. The molecule has 6 heteroatoms. The Kier molecular flexibility index (Phi) is 12.1. The van der Waals surface area contributed by atoms with Crippen LogP contribution in [0.25, 0.3) is 0 Å². The summed E-state index contributed by atoms with van der Waals surface area (Å²) in [4.78, 5) is 22.0. The summed E-state index contributed by atoms with van der Waals surface area (Å²) in [5, 5.41) is 11.5. The Bertz CT molecular complexity index is 270. The highest BCUT2D eigenvalue weighted by atomic mass is 16.5. The number of rotatable bonds is 13. The fraction of sp³-hybridized carbons (Fsp3) is 0.857. The fourth-order valence-electron chi connectivity index (χ4n) is 1.94. The molecular formula is C14H27NO5. The molecule has 0 saturated carbocycles. The van der Waals surface area contributed by atoms with Crippen LogP contribution < -0.4 is 5.32 Å². The molecule has 0 fully saturated rings. The summed E-state index contributed by atoms with van der Waals surface area (Å²) in [6.45, 7) is 3.56. The Balaban J connectivity index is 3.69. The van der Waals surface area contributed by atoms with Gasteiger partial charge in [-0.2, -0.15) is 0 Å². The first-order valence-electron chi connectivity index (χ1n) is 7.15. The molecule has 0 aliphatic heterocycles. The van der Waals surface area contributed by atoms with Crippen molar-refractivity contribution in [2.45, 2.75) is 39.0 Å². The topological polar surface area (TPSA) is 84.9 Å². The number of aliphatic carboxylic acids is 1. The molecule has 0 rings (SSSR count). The van der Waals surface area contributed by atoms with Gasteiger partial charge in [0.15, 0.2) is 0 Å². The predicted molar refractivity (Wildman–Crippen MR) is 75.6 cm³/mol. The van der Waals surface area contributed by atoms with Crippen molar-refractivity contribution in [3.8, 4) is 0 Å². The van der Waals surface area contributed by atoms with Crippen molar-refractivity contribution >= 4 is 11.9 Å². The molecule has 118 valence electrons. The number of hydrogen-bond donors (Lipinski definition) is 2. The number of hydrogen-bond acceptors (Lipinski definition) is 4. The second-order valence-corrected chi connectivity index (χ2v) is 4.77. The maximum atomic E-state index is 11.4. The first-order chi connectivity index (χ1) is 9.60. The van der Waals surface area contributed by atoms with Crippen molar-refractivity contribution in [3.05, 3.63) is 0 Å². The van der Waals surface area contributed by atoms with E-state index in [1.54, 1.807) is 7.11 Å². The molecule has 0 aromatic rings. The highest BCUT2D eigenvalue weighted by Crippen LogP contribution is 2.17. The lowest BCUT2D eigenvalue weighted by Crippen LogP contribution is -2.30. The van der Waals surface area contributed by atoms with Crippen LogP contribution in [-0.2, 0) is 19.1 Å². The van der Waals surface area contributed by atoms with Gasteiger partial charge in [-0.3, -0.25) is 9.59 Å². The maximum absolute atomic E-state index is 11.4. The molecule has 0 aliphatic carbocycles. The van der Waals surface area contributed by atoms with Crippen molar-refractivity contribution in [3.63, 3.8) is 0 Å². The summed E-state index contributed by atoms with van der Waals surface area (Å²) in [7, 11) is 1.58. The Morgan fingerprint density at radius 2 is 1.95 bits per heavy atom. The lowest BCUT2D eigenvalue weighted by Gasteiger charge is -2.15. The molecule has 1 amide bonds. The molecule has 0 radical (unpaired) electrons. The van der Waals surface area contributed by atoms with Crippen LogP contribution in [0, 0.1) is 5.92 Å². The van der Waals surface area contributed by atoms with Crippen molar-refractivity contribution in [1.29, 1.82) is 0 Å². The number of carbonyl (C=O) groups excluding carboxylic acids is 1. The quantitative estimate of drug-likeness (QED) is 0.501. The van der Waals surface area contributed by atoms with Gasteiger partial charge in [0.1, 0.15) is 6.61 Å². The number of ether oxygens (including phenoxy) is 2. The smallest absolute Gasteiger partial charge is 0.303 e. The number of carboxylic acid groups (broad SMARTS) is 1. The van der Waals surface area contributed by atoms with E-state index in [0.29, 0.717) is 32.1 Å². The Morgan fingerprint density at radius 3 is 2.55 bits per heavy atom. The van der Waals surface area contributed by atoms with E-state index in [9.17, 15) is 9.59 Å². The summed E-state index contributed by atoms with van der Waals surface area (Å²) in [5.74, 6) is -0.554. The van der Waals surface area contributed by atoms with Crippen molar-refractivity contribution in [2.24, 2.45) is 5.92 Å². The van der Waals surface area contributed by atoms with Gasteiger partial charge in [-0.15, -0.1) is 0 Å². The molecule has 1 atom stereocenters. The van der Waals surface area contributed by atoms with Gasteiger partial charge in [-0.25, -0.2) is 0 Å². The average Bonchev–Trinajstić information content (AvgIpc) is 2.41. The molecule has 0 aromatic carbocycles. The van der Waals surface area contributed by atoms with Crippen molar-refractivity contribution in [2.75, 3.05) is 33.5 Å². The van der Waals surface area contributed by atoms with Gasteiger partial charge < -0.3 is 19.9 Å². The first kappa shape index (κ1) is 18.9. The second kappa shape index (κ2) is 12.9. The van der Waals surface area contributed by atoms with E-state index in [0.717, 1.165) is 19.3 Å². The zero-order valence-electron chi connectivity index (χ0n) is 12.5. The minimum atomic E-state index is -0.762. The van der Waals surface area contributed by atoms with Gasteiger partial charge in [0.2, 0.25) is 5.91 Å². The molecule has 0 saturated heterocycles.